The third kappa shape index (κ3) is 2.49. The number of halogens is 2. The Morgan fingerprint density at radius 2 is 2.15 bits per heavy atom. The molecule has 5 heteroatoms. The number of benzene rings is 1. The van der Waals surface area contributed by atoms with E-state index in [-0.39, 0.29) is 30.2 Å². The van der Waals surface area contributed by atoms with Crippen molar-refractivity contribution in [1.82, 2.24) is 5.32 Å². The molecule has 0 saturated heterocycles. The molecule has 2 aliphatic carbocycles. The minimum absolute atomic E-state index is 0.0240. The van der Waals surface area contributed by atoms with Crippen LogP contribution in [0.3, 0.4) is 0 Å². The Morgan fingerprint density at radius 3 is 2.85 bits per heavy atom. The largest absolute Gasteiger partial charge is 0.352 e. The van der Waals surface area contributed by atoms with Crippen LogP contribution in [0.5, 0.6) is 0 Å². The van der Waals surface area contributed by atoms with Gasteiger partial charge in [-0.15, -0.1) is 0 Å². The van der Waals surface area contributed by atoms with Crippen molar-refractivity contribution < 1.29 is 9.18 Å². The monoisotopic (exact) mass is 340 g/mol. The first kappa shape index (κ1) is 14.0. The fraction of sp³-hybridized carbons (Fsp3) is 0.533. The maximum atomic E-state index is 13.6. The summed E-state index contributed by atoms with van der Waals surface area (Å²) in [5.41, 5.74) is 6.64. The van der Waals surface area contributed by atoms with Crippen LogP contribution in [0, 0.1) is 23.6 Å². The van der Waals surface area contributed by atoms with E-state index in [0.29, 0.717) is 17.4 Å². The van der Waals surface area contributed by atoms with Crippen LogP contribution in [0.15, 0.2) is 22.7 Å². The summed E-state index contributed by atoms with van der Waals surface area (Å²) in [5, 5.41) is 2.84. The Hall–Kier alpha value is -0.940. The minimum Gasteiger partial charge on any atom is -0.352 e. The molecule has 2 bridgehead atoms. The smallest absolute Gasteiger partial charge is 0.225 e. The van der Waals surface area contributed by atoms with Crippen LogP contribution in [-0.2, 0) is 11.3 Å². The number of hydrogen-bond acceptors (Lipinski definition) is 2. The van der Waals surface area contributed by atoms with Crippen molar-refractivity contribution in [2.45, 2.75) is 31.8 Å². The van der Waals surface area contributed by atoms with E-state index in [1.165, 1.54) is 6.07 Å². The standard InChI is InChI=1S/C15H18BrFN2O/c16-11-3-4-12(17)10(6-11)7-19-15(20)13-8-1-2-9(5-8)14(13)18/h3-4,6,8-9,13-14H,1-2,5,7,18H2,(H,19,20). The van der Waals surface area contributed by atoms with E-state index in [9.17, 15) is 9.18 Å². The first-order chi connectivity index (χ1) is 9.56. The van der Waals surface area contributed by atoms with Gasteiger partial charge in [0.15, 0.2) is 0 Å². The minimum atomic E-state index is -0.300. The third-order valence-electron chi connectivity index (χ3n) is 4.74. The highest BCUT2D eigenvalue weighted by molar-refractivity contribution is 9.10. The molecule has 1 aromatic rings. The Bertz CT molecular complexity index is 535. The third-order valence-corrected chi connectivity index (χ3v) is 5.24. The summed E-state index contributed by atoms with van der Waals surface area (Å²) < 4.78 is 14.4. The molecule has 3 rings (SSSR count). The second-order valence-corrected chi connectivity index (χ2v) is 6.81. The summed E-state index contributed by atoms with van der Waals surface area (Å²) in [4.78, 5) is 12.3. The molecule has 108 valence electrons. The highest BCUT2D eigenvalue weighted by atomic mass is 79.9. The molecule has 4 unspecified atom stereocenters. The number of nitrogens with two attached hydrogens (primary N) is 1. The van der Waals surface area contributed by atoms with Gasteiger partial charge >= 0.3 is 0 Å². The van der Waals surface area contributed by atoms with Crippen LogP contribution in [0.25, 0.3) is 0 Å². The molecular weight excluding hydrogens is 323 g/mol. The molecule has 1 amide bonds. The molecule has 0 aromatic heterocycles. The zero-order valence-electron chi connectivity index (χ0n) is 11.1. The van der Waals surface area contributed by atoms with E-state index < -0.39 is 0 Å². The van der Waals surface area contributed by atoms with Gasteiger partial charge in [-0.05, 0) is 49.3 Å². The summed E-state index contributed by atoms with van der Waals surface area (Å²) in [6, 6.07) is 4.71. The van der Waals surface area contributed by atoms with Crippen molar-refractivity contribution in [2.24, 2.45) is 23.5 Å². The zero-order valence-corrected chi connectivity index (χ0v) is 12.7. The van der Waals surface area contributed by atoms with E-state index >= 15 is 0 Å². The maximum Gasteiger partial charge on any atom is 0.225 e. The normalized spacial score (nSPS) is 31.6. The molecule has 3 N–H and O–H groups in total. The van der Waals surface area contributed by atoms with Gasteiger partial charge in [0.05, 0.1) is 5.92 Å². The molecular formula is C15H18BrFN2O. The van der Waals surface area contributed by atoms with Crippen molar-refractivity contribution in [1.29, 1.82) is 0 Å². The van der Waals surface area contributed by atoms with Gasteiger partial charge in [-0.25, -0.2) is 4.39 Å². The lowest BCUT2D eigenvalue weighted by molar-refractivity contribution is -0.127. The van der Waals surface area contributed by atoms with E-state index in [1.54, 1.807) is 12.1 Å². The first-order valence-corrected chi connectivity index (χ1v) is 7.83. The average molecular weight is 341 g/mol. The average Bonchev–Trinajstić information content (AvgIpc) is 3.00. The summed E-state index contributed by atoms with van der Waals surface area (Å²) in [5.74, 6) is 0.500. The second-order valence-electron chi connectivity index (χ2n) is 5.89. The number of nitrogens with one attached hydrogen (secondary N) is 1. The van der Waals surface area contributed by atoms with Crippen LogP contribution in [-0.4, -0.2) is 11.9 Å². The lowest BCUT2D eigenvalue weighted by Crippen LogP contribution is -2.45. The lowest BCUT2D eigenvalue weighted by atomic mass is 9.84. The van der Waals surface area contributed by atoms with E-state index in [2.05, 4.69) is 21.2 Å². The van der Waals surface area contributed by atoms with E-state index in [0.717, 1.165) is 23.7 Å². The van der Waals surface area contributed by atoms with Crippen LogP contribution >= 0.6 is 15.9 Å². The lowest BCUT2D eigenvalue weighted by Gasteiger charge is -2.27. The zero-order chi connectivity index (χ0) is 14.3. The molecule has 2 fully saturated rings. The summed E-state index contributed by atoms with van der Waals surface area (Å²) in [7, 11) is 0. The number of carbonyl (C=O) groups is 1. The summed E-state index contributed by atoms with van der Waals surface area (Å²) in [6.45, 7) is 0.213. The molecule has 0 heterocycles. The van der Waals surface area contributed by atoms with Crippen molar-refractivity contribution in [2.75, 3.05) is 0 Å². The van der Waals surface area contributed by atoms with Gasteiger partial charge in [0.25, 0.3) is 0 Å². The van der Waals surface area contributed by atoms with Crippen LogP contribution in [0.4, 0.5) is 4.39 Å². The highest BCUT2D eigenvalue weighted by Gasteiger charge is 2.48. The molecule has 2 saturated carbocycles. The van der Waals surface area contributed by atoms with Gasteiger partial charge in [-0.2, -0.15) is 0 Å². The fourth-order valence-corrected chi connectivity index (χ4v) is 4.11. The Balaban J connectivity index is 1.64. The van der Waals surface area contributed by atoms with Crippen molar-refractivity contribution in [3.8, 4) is 0 Å². The Morgan fingerprint density at radius 1 is 1.40 bits per heavy atom. The van der Waals surface area contributed by atoms with Crippen LogP contribution in [0.2, 0.25) is 0 Å². The van der Waals surface area contributed by atoms with Gasteiger partial charge in [0.1, 0.15) is 5.82 Å². The van der Waals surface area contributed by atoms with E-state index in [4.69, 9.17) is 5.73 Å². The first-order valence-electron chi connectivity index (χ1n) is 7.03. The van der Waals surface area contributed by atoms with Crippen molar-refractivity contribution in [3.05, 3.63) is 34.1 Å². The number of hydrogen-bond donors (Lipinski definition) is 2. The van der Waals surface area contributed by atoms with Crippen molar-refractivity contribution >= 4 is 21.8 Å². The van der Waals surface area contributed by atoms with Gasteiger partial charge in [-0.1, -0.05) is 15.9 Å². The molecule has 0 aliphatic heterocycles. The highest BCUT2D eigenvalue weighted by Crippen LogP contribution is 2.47. The van der Waals surface area contributed by atoms with Gasteiger partial charge in [0, 0.05) is 22.6 Å². The quantitative estimate of drug-likeness (QED) is 0.888. The molecule has 0 spiro atoms. The summed E-state index contributed by atoms with van der Waals surface area (Å²) in [6.07, 6.45) is 3.32. The molecule has 1 aromatic carbocycles. The second kappa shape index (κ2) is 5.45. The van der Waals surface area contributed by atoms with Crippen LogP contribution in [0.1, 0.15) is 24.8 Å². The molecule has 0 radical (unpaired) electrons. The van der Waals surface area contributed by atoms with Gasteiger partial charge < -0.3 is 11.1 Å². The SMILES string of the molecule is NC1C2CCC(C2)C1C(=O)NCc1cc(Br)ccc1F. The molecule has 3 nitrogen and oxygen atoms in total. The molecule has 20 heavy (non-hydrogen) atoms. The van der Waals surface area contributed by atoms with E-state index in [1.807, 2.05) is 0 Å². The fourth-order valence-electron chi connectivity index (χ4n) is 3.70. The van der Waals surface area contributed by atoms with Gasteiger partial charge in [0.2, 0.25) is 5.91 Å². The molecule has 2 aliphatic rings. The number of amides is 1. The number of carbonyl (C=O) groups excluding carboxylic acids is 1. The summed E-state index contributed by atoms with van der Waals surface area (Å²) >= 11 is 3.31. The van der Waals surface area contributed by atoms with Crippen LogP contribution < -0.4 is 11.1 Å². The molecule has 4 atom stereocenters. The Labute approximate surface area is 126 Å². The number of fused-ring (bicyclic) bond motifs is 2. The maximum absolute atomic E-state index is 13.6. The topological polar surface area (TPSA) is 55.1 Å². The van der Waals surface area contributed by atoms with Crippen molar-refractivity contribution in [3.63, 3.8) is 0 Å². The van der Waals surface area contributed by atoms with Gasteiger partial charge in [-0.3, -0.25) is 4.79 Å². The Kier molecular flexibility index (Phi) is 3.82. The predicted octanol–water partition coefficient (Wildman–Crippen LogP) is 2.58. The predicted molar refractivity (Wildman–Crippen MR) is 78.2 cm³/mol. The number of rotatable bonds is 3.